The standard InChI is InChI=1S/C18H26ClN3O6S/c1-11(2)9-20-18(25)21-15(23)10-28-17(24)16(12(3)4)22-29(26,27)14-7-5-13(19)6-8-14/h5-8,11-12,16,22H,9-10H2,1-4H3,(H2,20,21,23,25). The molecule has 0 saturated carbocycles. The second-order valence-corrected chi connectivity index (χ2v) is 9.21. The van der Waals surface area contributed by atoms with Crippen molar-refractivity contribution in [3.8, 4) is 0 Å². The number of benzene rings is 1. The quantitative estimate of drug-likeness (QED) is 0.493. The van der Waals surface area contributed by atoms with E-state index in [2.05, 4.69) is 10.0 Å². The van der Waals surface area contributed by atoms with E-state index < -0.39 is 46.5 Å². The summed E-state index contributed by atoms with van der Waals surface area (Å²) in [5, 5.41) is 4.87. The van der Waals surface area contributed by atoms with Crippen LogP contribution in [0.15, 0.2) is 29.2 Å². The highest BCUT2D eigenvalue weighted by molar-refractivity contribution is 7.89. The maximum atomic E-state index is 12.5. The number of nitrogens with one attached hydrogen (secondary N) is 3. The van der Waals surface area contributed by atoms with Crippen molar-refractivity contribution in [3.05, 3.63) is 29.3 Å². The minimum Gasteiger partial charge on any atom is -0.454 e. The Morgan fingerprint density at radius 2 is 1.66 bits per heavy atom. The van der Waals surface area contributed by atoms with Crippen LogP contribution in [-0.4, -0.2) is 45.5 Å². The number of imide groups is 1. The Balaban J connectivity index is 2.67. The van der Waals surface area contributed by atoms with Crippen LogP contribution >= 0.6 is 11.6 Å². The van der Waals surface area contributed by atoms with Crippen molar-refractivity contribution < 1.29 is 27.5 Å². The second kappa shape index (κ2) is 11.1. The summed E-state index contributed by atoms with van der Waals surface area (Å²) in [6.45, 7) is 6.67. The van der Waals surface area contributed by atoms with Crippen LogP contribution in [-0.2, 0) is 24.3 Å². The fraction of sp³-hybridized carbons (Fsp3) is 0.500. The normalized spacial score (nSPS) is 12.5. The molecule has 9 nitrogen and oxygen atoms in total. The van der Waals surface area contributed by atoms with Crippen molar-refractivity contribution in [2.75, 3.05) is 13.2 Å². The molecule has 0 aliphatic heterocycles. The van der Waals surface area contributed by atoms with Gasteiger partial charge in [0.2, 0.25) is 10.0 Å². The molecule has 0 saturated heterocycles. The third-order valence-electron chi connectivity index (χ3n) is 3.60. The number of sulfonamides is 1. The number of amides is 3. The minimum absolute atomic E-state index is 0.0695. The molecular formula is C18H26ClN3O6S. The van der Waals surface area contributed by atoms with Gasteiger partial charge in [-0.15, -0.1) is 0 Å². The summed E-state index contributed by atoms with van der Waals surface area (Å²) in [6.07, 6.45) is 0. The summed E-state index contributed by atoms with van der Waals surface area (Å²) in [7, 11) is -4.01. The van der Waals surface area contributed by atoms with Crippen molar-refractivity contribution >= 4 is 39.5 Å². The van der Waals surface area contributed by atoms with Gasteiger partial charge >= 0.3 is 12.0 Å². The lowest BCUT2D eigenvalue weighted by Crippen LogP contribution is -2.47. The number of rotatable bonds is 9. The summed E-state index contributed by atoms with van der Waals surface area (Å²) in [5.74, 6) is -2.02. The van der Waals surface area contributed by atoms with Gasteiger partial charge in [-0.3, -0.25) is 14.9 Å². The SMILES string of the molecule is CC(C)CNC(=O)NC(=O)COC(=O)C(NS(=O)(=O)c1ccc(Cl)cc1)C(C)C. The van der Waals surface area contributed by atoms with E-state index in [9.17, 15) is 22.8 Å². The third kappa shape index (κ3) is 8.80. The van der Waals surface area contributed by atoms with Gasteiger partial charge in [0, 0.05) is 11.6 Å². The number of carbonyl (C=O) groups excluding carboxylic acids is 3. The van der Waals surface area contributed by atoms with E-state index in [1.807, 2.05) is 19.2 Å². The highest BCUT2D eigenvalue weighted by Crippen LogP contribution is 2.16. The van der Waals surface area contributed by atoms with Gasteiger partial charge in [0.15, 0.2) is 6.61 Å². The van der Waals surface area contributed by atoms with Crippen LogP contribution in [0.3, 0.4) is 0 Å². The maximum Gasteiger partial charge on any atom is 0.324 e. The van der Waals surface area contributed by atoms with Gasteiger partial charge in [0.25, 0.3) is 5.91 Å². The second-order valence-electron chi connectivity index (χ2n) is 7.06. The van der Waals surface area contributed by atoms with Crippen molar-refractivity contribution in [1.29, 1.82) is 0 Å². The molecule has 0 aliphatic rings. The molecular weight excluding hydrogens is 422 g/mol. The number of hydrogen-bond acceptors (Lipinski definition) is 6. The predicted molar refractivity (Wildman–Crippen MR) is 108 cm³/mol. The fourth-order valence-corrected chi connectivity index (χ4v) is 3.49. The zero-order chi connectivity index (χ0) is 22.2. The number of halogens is 1. The van der Waals surface area contributed by atoms with E-state index >= 15 is 0 Å². The molecule has 162 valence electrons. The molecule has 11 heteroatoms. The zero-order valence-corrected chi connectivity index (χ0v) is 18.3. The Labute approximate surface area is 175 Å². The van der Waals surface area contributed by atoms with Crippen molar-refractivity contribution in [2.45, 2.75) is 38.6 Å². The first kappa shape index (κ1) is 24.9. The Hall–Kier alpha value is -2.17. The molecule has 0 spiro atoms. The molecule has 0 radical (unpaired) electrons. The average molecular weight is 448 g/mol. The van der Waals surface area contributed by atoms with E-state index in [-0.39, 0.29) is 10.8 Å². The third-order valence-corrected chi connectivity index (χ3v) is 5.30. The lowest BCUT2D eigenvalue weighted by atomic mass is 10.1. The first-order valence-electron chi connectivity index (χ1n) is 8.94. The van der Waals surface area contributed by atoms with Crippen LogP contribution in [0.25, 0.3) is 0 Å². The molecule has 1 atom stereocenters. The van der Waals surface area contributed by atoms with Gasteiger partial charge in [-0.1, -0.05) is 39.3 Å². The molecule has 0 heterocycles. The molecule has 29 heavy (non-hydrogen) atoms. The molecule has 3 N–H and O–H groups in total. The summed E-state index contributed by atoms with van der Waals surface area (Å²) >= 11 is 5.75. The van der Waals surface area contributed by atoms with Gasteiger partial charge in [-0.05, 0) is 36.1 Å². The molecule has 1 aromatic carbocycles. The minimum atomic E-state index is -4.01. The molecule has 1 unspecified atom stereocenters. The van der Waals surface area contributed by atoms with E-state index in [1.165, 1.54) is 24.3 Å². The lowest BCUT2D eigenvalue weighted by Gasteiger charge is -2.20. The Kier molecular flexibility index (Phi) is 9.54. The van der Waals surface area contributed by atoms with Gasteiger partial charge in [0.05, 0.1) is 4.90 Å². The molecule has 0 aliphatic carbocycles. The van der Waals surface area contributed by atoms with Crippen LogP contribution in [0, 0.1) is 11.8 Å². The van der Waals surface area contributed by atoms with Crippen molar-refractivity contribution in [1.82, 2.24) is 15.4 Å². The number of carbonyl (C=O) groups is 3. The highest BCUT2D eigenvalue weighted by atomic mass is 35.5. The van der Waals surface area contributed by atoms with E-state index in [0.717, 1.165) is 0 Å². The molecule has 0 fully saturated rings. The average Bonchev–Trinajstić information content (AvgIpc) is 2.62. The predicted octanol–water partition coefficient (Wildman–Crippen LogP) is 1.67. The van der Waals surface area contributed by atoms with E-state index in [1.54, 1.807) is 13.8 Å². The molecule has 0 aromatic heterocycles. The first-order valence-corrected chi connectivity index (χ1v) is 10.8. The summed E-state index contributed by atoms with van der Waals surface area (Å²) < 4.78 is 32.1. The number of hydrogen-bond donors (Lipinski definition) is 3. The van der Waals surface area contributed by atoms with Crippen LogP contribution in [0.5, 0.6) is 0 Å². The summed E-state index contributed by atoms with van der Waals surface area (Å²) in [4.78, 5) is 35.5. The number of ether oxygens (including phenoxy) is 1. The Bertz CT molecular complexity index is 825. The van der Waals surface area contributed by atoms with Crippen LogP contribution in [0.1, 0.15) is 27.7 Å². The monoisotopic (exact) mass is 447 g/mol. The highest BCUT2D eigenvalue weighted by Gasteiger charge is 2.30. The van der Waals surface area contributed by atoms with Gasteiger partial charge < -0.3 is 10.1 Å². The Morgan fingerprint density at radius 1 is 1.07 bits per heavy atom. The number of urea groups is 1. The topological polar surface area (TPSA) is 131 Å². The molecule has 1 aromatic rings. The van der Waals surface area contributed by atoms with Crippen LogP contribution < -0.4 is 15.4 Å². The summed E-state index contributed by atoms with van der Waals surface area (Å²) in [5.41, 5.74) is 0. The van der Waals surface area contributed by atoms with Crippen molar-refractivity contribution in [2.24, 2.45) is 11.8 Å². The molecule has 3 amide bonds. The first-order chi connectivity index (χ1) is 13.4. The number of esters is 1. The largest absolute Gasteiger partial charge is 0.454 e. The fourth-order valence-electron chi connectivity index (χ4n) is 2.04. The molecule has 1 rings (SSSR count). The maximum absolute atomic E-state index is 12.5. The smallest absolute Gasteiger partial charge is 0.324 e. The lowest BCUT2D eigenvalue weighted by molar-refractivity contribution is -0.150. The van der Waals surface area contributed by atoms with Crippen LogP contribution in [0.2, 0.25) is 5.02 Å². The Morgan fingerprint density at radius 3 is 2.17 bits per heavy atom. The van der Waals surface area contributed by atoms with E-state index in [4.69, 9.17) is 16.3 Å². The zero-order valence-electron chi connectivity index (χ0n) is 16.7. The van der Waals surface area contributed by atoms with E-state index in [0.29, 0.717) is 11.6 Å². The van der Waals surface area contributed by atoms with Gasteiger partial charge in [-0.2, -0.15) is 4.72 Å². The van der Waals surface area contributed by atoms with Gasteiger partial charge in [-0.25, -0.2) is 13.2 Å². The molecule has 0 bridgehead atoms. The van der Waals surface area contributed by atoms with Crippen LogP contribution in [0.4, 0.5) is 4.79 Å². The van der Waals surface area contributed by atoms with Gasteiger partial charge in [0.1, 0.15) is 6.04 Å². The summed E-state index contributed by atoms with van der Waals surface area (Å²) in [6, 6.07) is 3.50. The van der Waals surface area contributed by atoms with Crippen molar-refractivity contribution in [3.63, 3.8) is 0 Å².